The van der Waals surface area contributed by atoms with E-state index in [-0.39, 0.29) is 5.28 Å². The fourth-order valence-corrected chi connectivity index (χ4v) is 2.94. The molecule has 130 valence electrons. The van der Waals surface area contributed by atoms with Gasteiger partial charge < -0.3 is 14.6 Å². The first kappa shape index (κ1) is 16.4. The maximum absolute atomic E-state index is 6.16. The number of nitrogens with zero attached hydrogens (tertiary/aromatic N) is 4. The fraction of sp³-hybridized carbons (Fsp3) is 0.105. The van der Waals surface area contributed by atoms with Crippen LogP contribution in [-0.4, -0.2) is 26.6 Å². The van der Waals surface area contributed by atoms with E-state index in [0.29, 0.717) is 29.3 Å². The lowest BCUT2D eigenvalue weighted by Gasteiger charge is -2.11. The predicted molar refractivity (Wildman–Crippen MR) is 102 cm³/mol. The van der Waals surface area contributed by atoms with Gasteiger partial charge in [-0.3, -0.25) is 0 Å². The van der Waals surface area contributed by atoms with Gasteiger partial charge in [0.25, 0.3) is 0 Å². The standard InChI is InChI=1S/C19H16ClN5O/c1-26-15-10-6-5-9-14(15)22-17-16-18(24-19(20)23-17)25(12-21-16)11-13-7-3-2-4-8-13/h2-10,12H,11H2,1H3,(H,22,23,24). The SMILES string of the molecule is COc1ccccc1Nc1nc(Cl)nc2c1ncn2Cc1ccccc1. The van der Waals surface area contributed by atoms with Gasteiger partial charge in [0, 0.05) is 0 Å². The number of para-hydroxylation sites is 2. The van der Waals surface area contributed by atoms with E-state index in [4.69, 9.17) is 16.3 Å². The van der Waals surface area contributed by atoms with E-state index in [2.05, 4.69) is 32.4 Å². The van der Waals surface area contributed by atoms with Gasteiger partial charge in [-0.2, -0.15) is 9.97 Å². The molecule has 0 aliphatic rings. The molecule has 26 heavy (non-hydrogen) atoms. The van der Waals surface area contributed by atoms with Crippen molar-refractivity contribution in [2.45, 2.75) is 6.54 Å². The van der Waals surface area contributed by atoms with Crippen molar-refractivity contribution in [1.82, 2.24) is 19.5 Å². The van der Waals surface area contributed by atoms with Gasteiger partial charge in [0.2, 0.25) is 5.28 Å². The van der Waals surface area contributed by atoms with Crippen molar-refractivity contribution in [3.8, 4) is 5.75 Å². The minimum atomic E-state index is 0.157. The molecule has 2 aromatic heterocycles. The number of anilines is 2. The quantitative estimate of drug-likeness (QED) is 0.535. The molecule has 0 atom stereocenters. The molecule has 4 aromatic rings. The van der Waals surface area contributed by atoms with E-state index in [1.54, 1.807) is 13.4 Å². The van der Waals surface area contributed by atoms with Crippen LogP contribution in [0.4, 0.5) is 11.5 Å². The molecule has 0 unspecified atom stereocenters. The Bertz CT molecular complexity index is 1050. The molecular weight excluding hydrogens is 350 g/mol. The normalized spacial score (nSPS) is 10.8. The van der Waals surface area contributed by atoms with E-state index in [0.717, 1.165) is 11.3 Å². The van der Waals surface area contributed by atoms with Crippen LogP contribution in [0.25, 0.3) is 11.2 Å². The molecule has 0 fully saturated rings. The lowest BCUT2D eigenvalue weighted by molar-refractivity contribution is 0.417. The molecule has 0 radical (unpaired) electrons. The molecule has 1 N–H and O–H groups in total. The highest BCUT2D eigenvalue weighted by molar-refractivity contribution is 6.28. The molecule has 0 aliphatic heterocycles. The molecule has 0 bridgehead atoms. The van der Waals surface area contributed by atoms with Crippen LogP contribution in [0.5, 0.6) is 5.75 Å². The third-order valence-electron chi connectivity index (χ3n) is 3.99. The summed E-state index contributed by atoms with van der Waals surface area (Å²) in [6, 6.07) is 17.7. The summed E-state index contributed by atoms with van der Waals surface area (Å²) in [7, 11) is 1.62. The third-order valence-corrected chi connectivity index (χ3v) is 4.16. The first-order valence-corrected chi connectivity index (χ1v) is 8.45. The van der Waals surface area contributed by atoms with E-state index in [1.165, 1.54) is 0 Å². The largest absolute Gasteiger partial charge is 0.495 e. The number of imidazole rings is 1. The van der Waals surface area contributed by atoms with Crippen molar-refractivity contribution in [3.05, 3.63) is 71.8 Å². The lowest BCUT2D eigenvalue weighted by atomic mass is 10.2. The molecule has 0 amide bonds. The Morgan fingerprint density at radius 2 is 1.81 bits per heavy atom. The average Bonchev–Trinajstić information content (AvgIpc) is 3.06. The molecule has 7 heteroatoms. The summed E-state index contributed by atoms with van der Waals surface area (Å²) < 4.78 is 7.33. The minimum Gasteiger partial charge on any atom is -0.495 e. The predicted octanol–water partition coefficient (Wildman–Crippen LogP) is 4.28. The first-order chi connectivity index (χ1) is 12.7. The monoisotopic (exact) mass is 365 g/mol. The van der Waals surface area contributed by atoms with Crippen molar-refractivity contribution in [3.63, 3.8) is 0 Å². The molecular formula is C19H16ClN5O. The van der Waals surface area contributed by atoms with Crippen molar-refractivity contribution in [2.75, 3.05) is 12.4 Å². The number of halogens is 1. The molecule has 0 saturated carbocycles. The number of methoxy groups -OCH3 is 1. The van der Waals surface area contributed by atoms with Crippen molar-refractivity contribution < 1.29 is 4.74 Å². The molecule has 6 nitrogen and oxygen atoms in total. The second kappa shape index (κ2) is 7.01. The summed E-state index contributed by atoms with van der Waals surface area (Å²) in [6.45, 7) is 0.652. The maximum atomic E-state index is 6.16. The Morgan fingerprint density at radius 1 is 1.04 bits per heavy atom. The van der Waals surface area contributed by atoms with Crippen molar-refractivity contribution in [1.29, 1.82) is 0 Å². The Balaban J connectivity index is 1.74. The number of aromatic nitrogens is 4. The third kappa shape index (κ3) is 3.19. The van der Waals surface area contributed by atoms with Gasteiger partial charge in [-0.15, -0.1) is 0 Å². The van der Waals surface area contributed by atoms with Crippen LogP contribution in [0.3, 0.4) is 0 Å². The number of rotatable bonds is 5. The summed E-state index contributed by atoms with van der Waals surface area (Å²) in [5.74, 6) is 1.25. The van der Waals surface area contributed by atoms with Crippen LogP contribution in [-0.2, 0) is 6.54 Å². The smallest absolute Gasteiger partial charge is 0.226 e. The van der Waals surface area contributed by atoms with Crippen LogP contribution >= 0.6 is 11.6 Å². The molecule has 4 rings (SSSR count). The number of hydrogen-bond acceptors (Lipinski definition) is 5. The Labute approximate surface area is 155 Å². The minimum absolute atomic E-state index is 0.157. The van der Waals surface area contributed by atoms with Gasteiger partial charge in [-0.25, -0.2) is 4.98 Å². The zero-order chi connectivity index (χ0) is 17.9. The van der Waals surface area contributed by atoms with Crippen LogP contribution in [0, 0.1) is 0 Å². The average molecular weight is 366 g/mol. The second-order valence-electron chi connectivity index (χ2n) is 5.70. The summed E-state index contributed by atoms with van der Waals surface area (Å²) in [6.07, 6.45) is 1.75. The maximum Gasteiger partial charge on any atom is 0.226 e. The van der Waals surface area contributed by atoms with Gasteiger partial charge in [0.1, 0.15) is 5.75 Å². The summed E-state index contributed by atoms with van der Waals surface area (Å²) in [5.41, 5.74) is 3.26. The summed E-state index contributed by atoms with van der Waals surface area (Å²) >= 11 is 6.16. The van der Waals surface area contributed by atoms with Gasteiger partial charge >= 0.3 is 0 Å². The van der Waals surface area contributed by atoms with Gasteiger partial charge in [-0.1, -0.05) is 42.5 Å². The molecule has 0 saturated heterocycles. The molecule has 0 aliphatic carbocycles. The highest BCUT2D eigenvalue weighted by Crippen LogP contribution is 2.29. The van der Waals surface area contributed by atoms with Crippen LogP contribution in [0.2, 0.25) is 5.28 Å². The Hall–Kier alpha value is -3.12. The molecule has 0 spiro atoms. The summed E-state index contributed by atoms with van der Waals surface area (Å²) in [5, 5.41) is 3.41. The van der Waals surface area contributed by atoms with Gasteiger partial charge in [0.15, 0.2) is 17.0 Å². The second-order valence-corrected chi connectivity index (χ2v) is 6.03. The van der Waals surface area contributed by atoms with E-state index >= 15 is 0 Å². The number of ether oxygens (including phenoxy) is 1. The van der Waals surface area contributed by atoms with Crippen molar-refractivity contribution >= 4 is 34.3 Å². The van der Waals surface area contributed by atoms with Crippen LogP contribution in [0.15, 0.2) is 60.9 Å². The van der Waals surface area contributed by atoms with E-state index in [1.807, 2.05) is 47.0 Å². The van der Waals surface area contributed by atoms with Gasteiger partial charge in [0.05, 0.1) is 25.7 Å². The van der Waals surface area contributed by atoms with Crippen LogP contribution < -0.4 is 10.1 Å². The number of fused-ring (bicyclic) bond motifs is 1. The number of nitrogens with one attached hydrogen (secondary N) is 1. The summed E-state index contributed by atoms with van der Waals surface area (Å²) in [4.78, 5) is 13.1. The highest BCUT2D eigenvalue weighted by Gasteiger charge is 2.14. The van der Waals surface area contributed by atoms with E-state index in [9.17, 15) is 0 Å². The topological polar surface area (TPSA) is 64.9 Å². The zero-order valence-corrected chi connectivity index (χ0v) is 14.8. The lowest BCUT2D eigenvalue weighted by Crippen LogP contribution is -2.02. The van der Waals surface area contributed by atoms with E-state index < -0.39 is 0 Å². The molecule has 2 aromatic carbocycles. The number of hydrogen-bond donors (Lipinski definition) is 1. The fourth-order valence-electron chi connectivity index (χ4n) is 2.78. The van der Waals surface area contributed by atoms with Crippen molar-refractivity contribution in [2.24, 2.45) is 0 Å². The highest BCUT2D eigenvalue weighted by atomic mass is 35.5. The van der Waals surface area contributed by atoms with Crippen LogP contribution in [0.1, 0.15) is 5.56 Å². The van der Waals surface area contributed by atoms with Gasteiger partial charge in [-0.05, 0) is 29.3 Å². The number of benzene rings is 2. The Morgan fingerprint density at radius 3 is 2.62 bits per heavy atom. The molecule has 2 heterocycles. The Kier molecular flexibility index (Phi) is 4.41. The zero-order valence-electron chi connectivity index (χ0n) is 14.1. The first-order valence-electron chi connectivity index (χ1n) is 8.07.